The van der Waals surface area contributed by atoms with E-state index in [4.69, 9.17) is 9.47 Å². The second-order valence-corrected chi connectivity index (χ2v) is 5.40. The number of amides is 1. The first kappa shape index (κ1) is 18.1. The normalized spacial score (nSPS) is 31.3. The largest absolute Gasteiger partial charge is 0.390 e. The Morgan fingerprint density at radius 3 is 2.86 bits per heavy atom. The minimum atomic E-state index is -0.815. The number of hydrogen-bond acceptors (Lipinski definition) is 5. The van der Waals surface area contributed by atoms with Gasteiger partial charge in [0.15, 0.2) is 6.29 Å². The molecule has 0 saturated carbocycles. The lowest BCUT2D eigenvalue weighted by Crippen LogP contribution is -2.48. The van der Waals surface area contributed by atoms with Crippen molar-refractivity contribution < 1.29 is 24.5 Å². The second-order valence-electron chi connectivity index (χ2n) is 5.40. The lowest BCUT2D eigenvalue weighted by molar-refractivity contribution is -0.273. The summed E-state index contributed by atoms with van der Waals surface area (Å²) in [6.07, 6.45) is 2.38. The Hall–Kier alpha value is -0.950. The van der Waals surface area contributed by atoms with Crippen LogP contribution in [0.4, 0.5) is 0 Å². The number of allylic oxidation sites excluding steroid dienone is 1. The van der Waals surface area contributed by atoms with Crippen molar-refractivity contribution in [1.29, 1.82) is 0 Å². The summed E-state index contributed by atoms with van der Waals surface area (Å²) in [5.74, 6) is -0.0973. The highest BCUT2D eigenvalue weighted by atomic mass is 16.7. The first-order valence-electron chi connectivity index (χ1n) is 7.55. The smallest absolute Gasteiger partial charge is 0.243 e. The molecule has 1 aliphatic heterocycles. The van der Waals surface area contributed by atoms with Gasteiger partial charge in [-0.3, -0.25) is 4.79 Å². The lowest BCUT2D eigenvalue weighted by atomic mass is 10.0. The summed E-state index contributed by atoms with van der Waals surface area (Å²) >= 11 is 0. The number of carbonyl (C=O) groups excluding carboxylic acids is 1. The molecular formula is C15H27NO5. The molecule has 0 aromatic rings. The zero-order valence-corrected chi connectivity index (χ0v) is 13.0. The third-order valence-electron chi connectivity index (χ3n) is 3.41. The van der Waals surface area contributed by atoms with E-state index in [2.05, 4.69) is 5.32 Å². The van der Waals surface area contributed by atoms with Crippen molar-refractivity contribution in [3.8, 4) is 0 Å². The summed E-state index contributed by atoms with van der Waals surface area (Å²) < 4.78 is 11.1. The van der Waals surface area contributed by atoms with Crippen molar-refractivity contribution in [3.63, 3.8) is 0 Å². The van der Waals surface area contributed by atoms with Crippen LogP contribution in [0.3, 0.4) is 0 Å². The molecule has 1 aliphatic rings. The molecule has 1 saturated heterocycles. The average Bonchev–Trinajstić information content (AvgIpc) is 2.41. The van der Waals surface area contributed by atoms with Gasteiger partial charge in [-0.05, 0) is 39.7 Å². The average molecular weight is 301 g/mol. The Balaban J connectivity index is 2.27. The van der Waals surface area contributed by atoms with E-state index in [9.17, 15) is 15.0 Å². The maximum absolute atomic E-state index is 11.2. The van der Waals surface area contributed by atoms with Gasteiger partial charge in [0, 0.05) is 13.0 Å². The highest BCUT2D eigenvalue weighted by Gasteiger charge is 2.35. The number of ether oxygens (including phenoxy) is 2. The Morgan fingerprint density at radius 1 is 1.48 bits per heavy atom. The van der Waals surface area contributed by atoms with Crippen LogP contribution in [0, 0.1) is 0 Å². The maximum atomic E-state index is 11.2. The predicted octanol–water partition coefficient (Wildman–Crippen LogP) is 0.721. The van der Waals surface area contributed by atoms with E-state index in [1.807, 2.05) is 13.8 Å². The fraction of sp³-hybridized carbons (Fsp3) is 0.800. The van der Waals surface area contributed by atoms with E-state index in [1.165, 1.54) is 6.08 Å². The van der Waals surface area contributed by atoms with E-state index >= 15 is 0 Å². The Kier molecular flexibility index (Phi) is 7.88. The van der Waals surface area contributed by atoms with Crippen molar-refractivity contribution in [2.24, 2.45) is 0 Å². The number of aliphatic hydroxyl groups is 2. The summed E-state index contributed by atoms with van der Waals surface area (Å²) in [6.45, 7) is 6.14. The minimum Gasteiger partial charge on any atom is -0.390 e. The van der Waals surface area contributed by atoms with E-state index in [1.54, 1.807) is 13.0 Å². The molecule has 3 N–H and O–H groups in total. The molecular weight excluding hydrogens is 274 g/mol. The maximum Gasteiger partial charge on any atom is 0.243 e. The summed E-state index contributed by atoms with van der Waals surface area (Å²) in [5, 5.41) is 22.1. The monoisotopic (exact) mass is 301 g/mol. The van der Waals surface area contributed by atoms with Crippen molar-refractivity contribution in [2.75, 3.05) is 6.54 Å². The highest BCUT2D eigenvalue weighted by molar-refractivity contribution is 5.87. The van der Waals surface area contributed by atoms with Crippen molar-refractivity contribution in [3.05, 3.63) is 12.2 Å². The standard InChI is InChI=1S/C15H27NO5/c1-4-16-14(19)8-6-5-7-10(2)20-15-13(18)9-12(17)11(3)21-15/h6,8,10-13,15,17-18H,4-5,7,9H2,1-3H3,(H,16,19)/b8-6+/t10-,11+,12-,13-,15-/m1/s1. The third kappa shape index (κ3) is 6.56. The number of rotatable bonds is 7. The molecule has 0 spiro atoms. The van der Waals surface area contributed by atoms with Gasteiger partial charge in [-0.15, -0.1) is 0 Å². The zero-order valence-electron chi connectivity index (χ0n) is 13.0. The van der Waals surface area contributed by atoms with Gasteiger partial charge in [-0.1, -0.05) is 6.08 Å². The van der Waals surface area contributed by atoms with Gasteiger partial charge in [0.05, 0.1) is 18.3 Å². The van der Waals surface area contributed by atoms with Gasteiger partial charge in [-0.2, -0.15) is 0 Å². The molecule has 0 radical (unpaired) electrons. The summed E-state index contributed by atoms with van der Waals surface area (Å²) in [7, 11) is 0. The minimum absolute atomic E-state index is 0.0973. The van der Waals surface area contributed by atoms with Crippen LogP contribution < -0.4 is 5.32 Å². The van der Waals surface area contributed by atoms with E-state index in [0.717, 1.165) is 6.42 Å². The molecule has 1 fully saturated rings. The van der Waals surface area contributed by atoms with Crippen molar-refractivity contribution in [1.82, 2.24) is 5.32 Å². The summed E-state index contributed by atoms with van der Waals surface area (Å²) in [4.78, 5) is 11.2. The fourth-order valence-corrected chi connectivity index (χ4v) is 2.12. The molecule has 122 valence electrons. The molecule has 0 unspecified atom stereocenters. The molecule has 0 bridgehead atoms. The molecule has 0 aromatic heterocycles. The van der Waals surface area contributed by atoms with E-state index in [-0.39, 0.29) is 24.5 Å². The Morgan fingerprint density at radius 2 is 2.19 bits per heavy atom. The number of nitrogens with one attached hydrogen (secondary N) is 1. The SMILES string of the molecule is CCNC(=O)/C=C/CC[C@@H](C)O[C@@H]1O[C@@H](C)[C@H](O)C[C@H]1O. The van der Waals surface area contributed by atoms with Crippen LogP contribution in [0.15, 0.2) is 12.2 Å². The molecule has 5 atom stereocenters. The molecule has 0 aromatic carbocycles. The summed E-state index contributed by atoms with van der Waals surface area (Å²) in [5.41, 5.74) is 0. The van der Waals surface area contributed by atoms with Crippen LogP contribution in [-0.2, 0) is 14.3 Å². The quantitative estimate of drug-likeness (QED) is 0.603. The van der Waals surface area contributed by atoms with Gasteiger partial charge in [0.25, 0.3) is 0 Å². The van der Waals surface area contributed by atoms with Crippen LogP contribution in [-0.4, -0.2) is 53.4 Å². The molecule has 1 rings (SSSR count). The molecule has 1 amide bonds. The molecule has 6 heteroatoms. The zero-order chi connectivity index (χ0) is 15.8. The molecule has 21 heavy (non-hydrogen) atoms. The topological polar surface area (TPSA) is 88.0 Å². The van der Waals surface area contributed by atoms with Crippen LogP contribution in [0.25, 0.3) is 0 Å². The van der Waals surface area contributed by atoms with Gasteiger partial charge >= 0.3 is 0 Å². The third-order valence-corrected chi connectivity index (χ3v) is 3.41. The number of carbonyl (C=O) groups is 1. The first-order valence-corrected chi connectivity index (χ1v) is 7.55. The van der Waals surface area contributed by atoms with Gasteiger partial charge in [0.1, 0.15) is 6.10 Å². The van der Waals surface area contributed by atoms with E-state index < -0.39 is 18.5 Å². The molecule has 6 nitrogen and oxygen atoms in total. The van der Waals surface area contributed by atoms with Gasteiger partial charge < -0.3 is 25.0 Å². The van der Waals surface area contributed by atoms with Gasteiger partial charge in [0.2, 0.25) is 5.91 Å². The van der Waals surface area contributed by atoms with Gasteiger partial charge in [-0.25, -0.2) is 0 Å². The lowest BCUT2D eigenvalue weighted by Gasteiger charge is -2.36. The Labute approximate surface area is 126 Å². The van der Waals surface area contributed by atoms with Crippen LogP contribution >= 0.6 is 0 Å². The Bertz CT molecular complexity index is 347. The molecule has 0 aliphatic carbocycles. The van der Waals surface area contributed by atoms with Crippen molar-refractivity contribution >= 4 is 5.91 Å². The van der Waals surface area contributed by atoms with Crippen LogP contribution in [0.1, 0.15) is 40.0 Å². The predicted molar refractivity (Wildman–Crippen MR) is 78.6 cm³/mol. The van der Waals surface area contributed by atoms with Crippen LogP contribution in [0.5, 0.6) is 0 Å². The van der Waals surface area contributed by atoms with Crippen molar-refractivity contribution in [2.45, 2.75) is 70.7 Å². The number of aliphatic hydroxyl groups excluding tert-OH is 2. The number of likely N-dealkylation sites (N-methyl/N-ethyl adjacent to an activating group) is 1. The molecule has 1 heterocycles. The highest BCUT2D eigenvalue weighted by Crippen LogP contribution is 2.22. The fourth-order valence-electron chi connectivity index (χ4n) is 2.12. The van der Waals surface area contributed by atoms with Crippen LogP contribution in [0.2, 0.25) is 0 Å². The number of hydrogen-bond donors (Lipinski definition) is 3. The summed E-state index contributed by atoms with van der Waals surface area (Å²) in [6, 6.07) is 0. The first-order chi connectivity index (χ1) is 9.93. The van der Waals surface area contributed by atoms with E-state index in [0.29, 0.717) is 13.0 Å². The second kappa shape index (κ2) is 9.15.